The first-order chi connectivity index (χ1) is 10.9. The van der Waals surface area contributed by atoms with Crippen LogP contribution in [0.5, 0.6) is 0 Å². The predicted octanol–water partition coefficient (Wildman–Crippen LogP) is 4.93. The van der Waals surface area contributed by atoms with E-state index in [1.165, 1.54) is 0 Å². The van der Waals surface area contributed by atoms with Gasteiger partial charge in [-0.1, -0.05) is 17.7 Å². The van der Waals surface area contributed by atoms with E-state index in [-0.39, 0.29) is 5.91 Å². The molecule has 3 rings (SSSR count). The maximum atomic E-state index is 12.8. The molecule has 4 nitrogen and oxygen atoms in total. The van der Waals surface area contributed by atoms with Crippen LogP contribution in [0.3, 0.4) is 0 Å². The number of fused-ring (bicyclic) bond motifs is 1. The van der Waals surface area contributed by atoms with Crippen molar-refractivity contribution in [3.05, 3.63) is 62.5 Å². The van der Waals surface area contributed by atoms with Gasteiger partial charge < -0.3 is 5.32 Å². The number of aromatic nitrogens is 2. The number of nitrogens with one attached hydrogen (secondary N) is 1. The number of rotatable bonds is 2. The van der Waals surface area contributed by atoms with Gasteiger partial charge in [-0.05, 0) is 66.0 Å². The minimum Gasteiger partial charge on any atom is -0.320 e. The fourth-order valence-electron chi connectivity index (χ4n) is 2.58. The highest BCUT2D eigenvalue weighted by Gasteiger charge is 2.19. The topological polar surface area (TPSA) is 46.4 Å². The second-order valence-corrected chi connectivity index (χ2v) is 6.77. The van der Waals surface area contributed by atoms with Crippen LogP contribution in [-0.4, -0.2) is 15.3 Å². The van der Waals surface area contributed by atoms with Crippen LogP contribution < -0.4 is 5.32 Å². The third kappa shape index (κ3) is 2.86. The Kier molecular flexibility index (Phi) is 4.17. The Morgan fingerprint density at radius 2 is 2.04 bits per heavy atom. The monoisotopic (exact) mass is 391 g/mol. The lowest BCUT2D eigenvalue weighted by Gasteiger charge is -2.10. The van der Waals surface area contributed by atoms with E-state index in [0.717, 1.165) is 21.2 Å². The quantitative estimate of drug-likeness (QED) is 0.672. The number of benzene rings is 1. The molecule has 1 N–H and O–H groups in total. The number of nitrogens with zero attached hydrogens (tertiary/aromatic N) is 2. The standard InChI is InChI=1S/C17H15BrClN3O/c1-9-7-12(18)8-22-15(11(3)20-16(9)22)17(23)21-14-6-4-5-13(19)10(14)2/h4-8H,1-3H3,(H,21,23). The molecule has 0 aliphatic rings. The molecular formula is C17H15BrClN3O. The summed E-state index contributed by atoms with van der Waals surface area (Å²) in [6, 6.07) is 7.42. The molecule has 118 valence electrons. The Labute approximate surface area is 147 Å². The summed E-state index contributed by atoms with van der Waals surface area (Å²) in [5.41, 5.74) is 4.52. The lowest BCUT2D eigenvalue weighted by atomic mass is 10.2. The second-order valence-electron chi connectivity index (χ2n) is 5.45. The number of carbonyl (C=O) groups is 1. The average Bonchev–Trinajstić information content (AvgIpc) is 2.80. The van der Waals surface area contributed by atoms with Crippen LogP contribution in [-0.2, 0) is 0 Å². The number of halogens is 2. The lowest BCUT2D eigenvalue weighted by Crippen LogP contribution is -2.16. The van der Waals surface area contributed by atoms with Crippen LogP contribution in [0, 0.1) is 20.8 Å². The third-order valence-electron chi connectivity index (χ3n) is 3.78. The van der Waals surface area contributed by atoms with Crippen LogP contribution in [0.25, 0.3) is 5.65 Å². The molecule has 0 atom stereocenters. The molecule has 0 spiro atoms. The van der Waals surface area contributed by atoms with Crippen molar-refractivity contribution in [3.8, 4) is 0 Å². The van der Waals surface area contributed by atoms with E-state index in [4.69, 9.17) is 11.6 Å². The number of aryl methyl sites for hydroxylation is 2. The molecule has 2 heterocycles. The van der Waals surface area contributed by atoms with Gasteiger partial charge in [0.1, 0.15) is 11.3 Å². The van der Waals surface area contributed by atoms with E-state index in [0.29, 0.717) is 22.1 Å². The lowest BCUT2D eigenvalue weighted by molar-refractivity contribution is 0.102. The number of amides is 1. The molecule has 0 aliphatic heterocycles. The number of imidazole rings is 1. The molecule has 0 fully saturated rings. The van der Waals surface area contributed by atoms with E-state index in [1.54, 1.807) is 6.07 Å². The van der Waals surface area contributed by atoms with E-state index in [1.807, 2.05) is 49.6 Å². The summed E-state index contributed by atoms with van der Waals surface area (Å²) < 4.78 is 2.71. The molecule has 23 heavy (non-hydrogen) atoms. The normalized spacial score (nSPS) is 11.0. The molecule has 0 saturated heterocycles. The van der Waals surface area contributed by atoms with E-state index in [9.17, 15) is 4.79 Å². The fraction of sp³-hybridized carbons (Fsp3) is 0.176. The van der Waals surface area contributed by atoms with Crippen LogP contribution in [0.1, 0.15) is 27.3 Å². The van der Waals surface area contributed by atoms with Crippen LogP contribution >= 0.6 is 27.5 Å². The second kappa shape index (κ2) is 5.98. The predicted molar refractivity (Wildman–Crippen MR) is 96.5 cm³/mol. The molecule has 3 aromatic rings. The third-order valence-corrected chi connectivity index (χ3v) is 4.62. The summed E-state index contributed by atoms with van der Waals surface area (Å²) >= 11 is 9.58. The Morgan fingerprint density at radius 1 is 1.30 bits per heavy atom. The van der Waals surface area contributed by atoms with Gasteiger partial charge in [0.25, 0.3) is 5.91 Å². The number of pyridine rings is 1. The van der Waals surface area contributed by atoms with Crippen molar-refractivity contribution in [3.63, 3.8) is 0 Å². The molecule has 2 aromatic heterocycles. The van der Waals surface area contributed by atoms with Gasteiger partial charge in [-0.15, -0.1) is 0 Å². The molecule has 0 radical (unpaired) electrons. The van der Waals surface area contributed by atoms with Crippen molar-refractivity contribution in [2.45, 2.75) is 20.8 Å². The maximum absolute atomic E-state index is 12.8. The molecule has 0 aliphatic carbocycles. The highest BCUT2D eigenvalue weighted by molar-refractivity contribution is 9.10. The first kappa shape index (κ1) is 16.0. The Balaban J connectivity index is 2.08. The van der Waals surface area contributed by atoms with Gasteiger partial charge in [-0.2, -0.15) is 0 Å². The molecule has 1 aromatic carbocycles. The molecule has 0 unspecified atom stereocenters. The molecule has 0 bridgehead atoms. The summed E-state index contributed by atoms with van der Waals surface area (Å²) in [6.07, 6.45) is 1.85. The highest BCUT2D eigenvalue weighted by Crippen LogP contribution is 2.25. The van der Waals surface area contributed by atoms with Crippen LogP contribution in [0.4, 0.5) is 5.69 Å². The van der Waals surface area contributed by atoms with E-state index < -0.39 is 0 Å². The van der Waals surface area contributed by atoms with Crippen molar-refractivity contribution in [1.29, 1.82) is 0 Å². The van der Waals surface area contributed by atoms with Gasteiger partial charge in [0.05, 0.1) is 5.69 Å². The summed E-state index contributed by atoms with van der Waals surface area (Å²) in [7, 11) is 0. The largest absolute Gasteiger partial charge is 0.320 e. The van der Waals surface area contributed by atoms with Crippen molar-refractivity contribution >= 4 is 44.8 Å². The fourth-order valence-corrected chi connectivity index (χ4v) is 3.30. The van der Waals surface area contributed by atoms with Crippen molar-refractivity contribution in [2.24, 2.45) is 0 Å². The summed E-state index contributed by atoms with van der Waals surface area (Å²) in [4.78, 5) is 17.3. The van der Waals surface area contributed by atoms with Crippen molar-refractivity contribution in [2.75, 3.05) is 5.32 Å². The zero-order valence-electron chi connectivity index (χ0n) is 12.9. The van der Waals surface area contributed by atoms with E-state index >= 15 is 0 Å². The van der Waals surface area contributed by atoms with Crippen molar-refractivity contribution < 1.29 is 4.79 Å². The molecule has 6 heteroatoms. The van der Waals surface area contributed by atoms with E-state index in [2.05, 4.69) is 26.2 Å². The van der Waals surface area contributed by atoms with Gasteiger partial charge in [0, 0.05) is 21.4 Å². The number of carbonyl (C=O) groups excluding carboxylic acids is 1. The number of hydrogen-bond acceptors (Lipinski definition) is 2. The minimum absolute atomic E-state index is 0.210. The van der Waals surface area contributed by atoms with Gasteiger partial charge in [0.15, 0.2) is 0 Å². The van der Waals surface area contributed by atoms with Crippen LogP contribution in [0.15, 0.2) is 34.9 Å². The SMILES string of the molecule is Cc1nc2c(C)cc(Br)cn2c1C(=O)Nc1cccc(Cl)c1C. The van der Waals surface area contributed by atoms with Gasteiger partial charge in [0.2, 0.25) is 0 Å². The Morgan fingerprint density at radius 3 is 2.78 bits per heavy atom. The maximum Gasteiger partial charge on any atom is 0.274 e. The molecule has 0 saturated carbocycles. The molecule has 1 amide bonds. The van der Waals surface area contributed by atoms with Crippen LogP contribution in [0.2, 0.25) is 5.02 Å². The zero-order valence-corrected chi connectivity index (χ0v) is 15.3. The number of anilines is 1. The minimum atomic E-state index is -0.210. The first-order valence-corrected chi connectivity index (χ1v) is 8.27. The summed E-state index contributed by atoms with van der Waals surface area (Å²) in [5.74, 6) is -0.210. The van der Waals surface area contributed by atoms with Crippen molar-refractivity contribution in [1.82, 2.24) is 9.38 Å². The van der Waals surface area contributed by atoms with Gasteiger partial charge >= 0.3 is 0 Å². The summed E-state index contributed by atoms with van der Waals surface area (Å²) in [5, 5.41) is 3.55. The molecular weight excluding hydrogens is 378 g/mol. The average molecular weight is 393 g/mol. The van der Waals surface area contributed by atoms with Gasteiger partial charge in [-0.25, -0.2) is 4.98 Å². The van der Waals surface area contributed by atoms with Gasteiger partial charge in [-0.3, -0.25) is 9.20 Å². The smallest absolute Gasteiger partial charge is 0.274 e. The highest BCUT2D eigenvalue weighted by atomic mass is 79.9. The zero-order chi connectivity index (χ0) is 16.7. The Hall–Kier alpha value is -1.85. The summed E-state index contributed by atoms with van der Waals surface area (Å²) in [6.45, 7) is 5.68. The first-order valence-electron chi connectivity index (χ1n) is 7.09. The number of hydrogen-bond donors (Lipinski definition) is 1. The Bertz CT molecular complexity index is 933.